The van der Waals surface area contributed by atoms with Crippen LogP contribution in [-0.2, 0) is 14.4 Å². The van der Waals surface area contributed by atoms with Crippen LogP contribution in [0.4, 0.5) is 4.39 Å². The van der Waals surface area contributed by atoms with Crippen molar-refractivity contribution >= 4 is 11.5 Å². The normalized spacial score (nSPS) is 15.2. The molecule has 1 saturated heterocycles. The van der Waals surface area contributed by atoms with E-state index in [0.29, 0.717) is 54.5 Å². The number of rotatable bonds is 6. The second-order valence-electron chi connectivity index (χ2n) is 6.09. The minimum atomic E-state index is -0.518. The summed E-state index contributed by atoms with van der Waals surface area (Å²) >= 11 is 0. The summed E-state index contributed by atoms with van der Waals surface area (Å²) in [5.41, 5.74) is 1.97. The zero-order valence-electron chi connectivity index (χ0n) is 15.8. The Morgan fingerprint density at radius 3 is 2.29 bits per heavy atom. The molecule has 0 amide bonds. The van der Waals surface area contributed by atoms with Gasteiger partial charge in [0.25, 0.3) is 0 Å². The van der Waals surface area contributed by atoms with Gasteiger partial charge in [-0.25, -0.2) is 9.18 Å². The van der Waals surface area contributed by atoms with Crippen molar-refractivity contribution in [2.24, 2.45) is 0 Å². The van der Waals surface area contributed by atoms with E-state index in [-0.39, 0.29) is 5.82 Å². The number of hydrogen-bond donors (Lipinski definition) is 0. The van der Waals surface area contributed by atoms with Crippen LogP contribution in [0.3, 0.4) is 0 Å². The number of ether oxygens (including phenoxy) is 3. The van der Waals surface area contributed by atoms with Crippen molar-refractivity contribution in [3.63, 3.8) is 0 Å². The van der Waals surface area contributed by atoms with Crippen molar-refractivity contribution in [3.8, 4) is 11.5 Å². The van der Waals surface area contributed by atoms with Gasteiger partial charge in [-0.2, -0.15) is 0 Å². The van der Waals surface area contributed by atoms with Crippen LogP contribution in [0.5, 0.6) is 11.5 Å². The largest absolute Gasteiger partial charge is 0.493 e. The molecule has 2 aromatic carbocycles. The van der Waals surface area contributed by atoms with Crippen molar-refractivity contribution in [3.05, 3.63) is 65.5 Å². The molecule has 7 heteroatoms. The molecule has 1 heterocycles. The number of methoxy groups -OCH3 is 2. The summed E-state index contributed by atoms with van der Waals surface area (Å²) in [5.74, 6) is 0.220. The second kappa shape index (κ2) is 9.34. The zero-order chi connectivity index (χ0) is 19.9. The summed E-state index contributed by atoms with van der Waals surface area (Å²) in [6, 6.07) is 11.2. The predicted molar refractivity (Wildman–Crippen MR) is 102 cm³/mol. The molecule has 0 saturated carbocycles. The summed E-state index contributed by atoms with van der Waals surface area (Å²) in [7, 11) is 3.09. The van der Waals surface area contributed by atoms with Crippen LogP contribution in [0.1, 0.15) is 11.1 Å². The highest BCUT2D eigenvalue weighted by molar-refractivity contribution is 5.96. The van der Waals surface area contributed by atoms with Crippen molar-refractivity contribution in [2.45, 2.75) is 0 Å². The molecule has 1 aliphatic heterocycles. The monoisotopic (exact) mass is 387 g/mol. The van der Waals surface area contributed by atoms with E-state index in [1.165, 1.54) is 25.3 Å². The molecule has 0 N–H and O–H groups in total. The van der Waals surface area contributed by atoms with Gasteiger partial charge in [0.05, 0.1) is 40.5 Å². The third kappa shape index (κ3) is 4.88. The average molecular weight is 387 g/mol. The molecule has 1 aliphatic rings. The summed E-state index contributed by atoms with van der Waals surface area (Å²) in [5, 5.41) is 1.57. The van der Waals surface area contributed by atoms with Gasteiger partial charge in [-0.15, -0.1) is 5.06 Å². The molecule has 6 nitrogen and oxygen atoms in total. The maximum atomic E-state index is 13.4. The van der Waals surface area contributed by atoms with Crippen molar-refractivity contribution in [1.29, 1.82) is 0 Å². The number of benzene rings is 2. The van der Waals surface area contributed by atoms with E-state index in [1.54, 1.807) is 42.5 Å². The molecular formula is C21H22FNO5. The van der Waals surface area contributed by atoms with Gasteiger partial charge < -0.3 is 19.0 Å². The number of hydroxylamine groups is 2. The van der Waals surface area contributed by atoms with E-state index in [9.17, 15) is 9.18 Å². The van der Waals surface area contributed by atoms with Gasteiger partial charge in [0.1, 0.15) is 5.82 Å². The topological polar surface area (TPSA) is 57.2 Å². The Balaban J connectivity index is 1.95. The summed E-state index contributed by atoms with van der Waals surface area (Å²) in [6.45, 7) is 2.05. The van der Waals surface area contributed by atoms with Crippen LogP contribution in [-0.4, -0.2) is 51.6 Å². The predicted octanol–water partition coefficient (Wildman–Crippen LogP) is 3.07. The maximum absolute atomic E-state index is 13.4. The lowest BCUT2D eigenvalue weighted by Crippen LogP contribution is -2.37. The molecule has 148 valence electrons. The first-order valence-corrected chi connectivity index (χ1v) is 8.85. The van der Waals surface area contributed by atoms with E-state index in [1.807, 2.05) is 0 Å². The van der Waals surface area contributed by atoms with Crippen molar-refractivity contribution in [2.75, 3.05) is 40.5 Å². The molecule has 1 fully saturated rings. The first kappa shape index (κ1) is 19.9. The molecular weight excluding hydrogens is 365 g/mol. The van der Waals surface area contributed by atoms with Gasteiger partial charge in [0, 0.05) is 6.08 Å². The van der Waals surface area contributed by atoms with Gasteiger partial charge in [0.15, 0.2) is 11.5 Å². The molecule has 0 aliphatic carbocycles. The van der Waals surface area contributed by atoms with Crippen LogP contribution in [0.25, 0.3) is 5.57 Å². The Labute approximate surface area is 163 Å². The number of carbonyl (C=O) groups is 1. The van der Waals surface area contributed by atoms with E-state index in [4.69, 9.17) is 19.0 Å². The lowest BCUT2D eigenvalue weighted by atomic mass is 9.97. The Morgan fingerprint density at radius 1 is 1.00 bits per heavy atom. The number of carbonyl (C=O) groups excluding carboxylic acids is 1. The van der Waals surface area contributed by atoms with Crippen molar-refractivity contribution in [1.82, 2.24) is 5.06 Å². The van der Waals surface area contributed by atoms with Gasteiger partial charge in [-0.3, -0.25) is 0 Å². The number of morpholine rings is 1. The summed E-state index contributed by atoms with van der Waals surface area (Å²) in [6.07, 6.45) is 1.39. The first-order chi connectivity index (χ1) is 13.6. The lowest BCUT2D eigenvalue weighted by molar-refractivity contribution is -0.199. The highest BCUT2D eigenvalue weighted by atomic mass is 19.1. The fraction of sp³-hybridized carbons (Fsp3) is 0.286. The Hall–Kier alpha value is -2.90. The van der Waals surface area contributed by atoms with Crippen LogP contribution >= 0.6 is 0 Å². The Kier molecular flexibility index (Phi) is 6.62. The molecule has 0 spiro atoms. The Bertz CT molecular complexity index is 844. The molecule has 0 bridgehead atoms. The first-order valence-electron chi connectivity index (χ1n) is 8.85. The lowest BCUT2D eigenvalue weighted by Gasteiger charge is -2.24. The maximum Gasteiger partial charge on any atom is 0.350 e. The summed E-state index contributed by atoms with van der Waals surface area (Å²) < 4.78 is 29.3. The van der Waals surface area contributed by atoms with Crippen LogP contribution < -0.4 is 9.47 Å². The van der Waals surface area contributed by atoms with E-state index in [2.05, 4.69) is 0 Å². The molecule has 0 unspecified atom stereocenters. The second-order valence-corrected chi connectivity index (χ2v) is 6.09. The molecule has 2 aromatic rings. The zero-order valence-corrected chi connectivity index (χ0v) is 15.8. The quantitative estimate of drug-likeness (QED) is 0.710. The average Bonchev–Trinajstić information content (AvgIpc) is 2.73. The SMILES string of the molecule is COc1ccc(C(=CC(=O)ON2CCOCC2)c2ccc(F)cc2)cc1OC. The van der Waals surface area contributed by atoms with Gasteiger partial charge in [-0.1, -0.05) is 18.2 Å². The number of halogens is 1. The van der Waals surface area contributed by atoms with Crippen molar-refractivity contribution < 1.29 is 28.2 Å². The summed E-state index contributed by atoms with van der Waals surface area (Å²) in [4.78, 5) is 17.9. The Morgan fingerprint density at radius 2 is 1.64 bits per heavy atom. The molecule has 0 atom stereocenters. The minimum absolute atomic E-state index is 0.355. The fourth-order valence-electron chi connectivity index (χ4n) is 2.88. The molecule has 0 aromatic heterocycles. The van der Waals surface area contributed by atoms with Crippen LogP contribution in [0.2, 0.25) is 0 Å². The van der Waals surface area contributed by atoms with Gasteiger partial charge in [0.2, 0.25) is 0 Å². The fourth-order valence-corrected chi connectivity index (χ4v) is 2.88. The molecule has 0 radical (unpaired) electrons. The van der Waals surface area contributed by atoms with Crippen LogP contribution in [0.15, 0.2) is 48.5 Å². The standard InChI is InChI=1S/C21H22FNO5/c1-25-19-8-5-16(13-20(19)26-2)18(15-3-6-17(22)7-4-15)14-21(24)28-23-9-11-27-12-10-23/h3-8,13-14H,9-12H2,1-2H3. The minimum Gasteiger partial charge on any atom is -0.493 e. The highest BCUT2D eigenvalue weighted by Gasteiger charge is 2.17. The molecule has 28 heavy (non-hydrogen) atoms. The molecule has 3 rings (SSSR count). The third-order valence-electron chi connectivity index (χ3n) is 4.30. The number of nitrogens with zero attached hydrogens (tertiary/aromatic N) is 1. The number of hydrogen-bond acceptors (Lipinski definition) is 6. The smallest absolute Gasteiger partial charge is 0.350 e. The van der Waals surface area contributed by atoms with E-state index >= 15 is 0 Å². The highest BCUT2D eigenvalue weighted by Crippen LogP contribution is 2.33. The third-order valence-corrected chi connectivity index (χ3v) is 4.30. The van der Waals surface area contributed by atoms with Gasteiger partial charge >= 0.3 is 5.97 Å². The van der Waals surface area contributed by atoms with Gasteiger partial charge in [-0.05, 0) is 41.0 Å². The van der Waals surface area contributed by atoms with E-state index in [0.717, 1.165) is 0 Å². The van der Waals surface area contributed by atoms with E-state index < -0.39 is 5.97 Å². The van der Waals surface area contributed by atoms with Crippen LogP contribution in [0, 0.1) is 5.82 Å².